The van der Waals surface area contributed by atoms with Crippen molar-refractivity contribution in [1.29, 1.82) is 0 Å². The lowest BCUT2D eigenvalue weighted by Gasteiger charge is -2.30. The van der Waals surface area contributed by atoms with Crippen molar-refractivity contribution in [3.63, 3.8) is 0 Å². The Morgan fingerprint density at radius 2 is 2.09 bits per heavy atom. The topological polar surface area (TPSA) is 57.6 Å². The summed E-state index contributed by atoms with van der Waals surface area (Å²) in [6, 6.07) is 5.31. The van der Waals surface area contributed by atoms with Crippen molar-refractivity contribution in [3.8, 4) is 0 Å². The summed E-state index contributed by atoms with van der Waals surface area (Å²) in [5.41, 5.74) is 0. The highest BCUT2D eigenvalue weighted by Gasteiger charge is 2.30. The Morgan fingerprint density at radius 1 is 1.32 bits per heavy atom. The van der Waals surface area contributed by atoms with Crippen LogP contribution in [0.1, 0.15) is 22.5 Å². The summed E-state index contributed by atoms with van der Waals surface area (Å²) in [6.07, 6.45) is 1.30. The van der Waals surface area contributed by atoms with E-state index < -0.39 is 11.9 Å². The number of rotatable bonds is 2. The van der Waals surface area contributed by atoms with E-state index in [9.17, 15) is 9.59 Å². The van der Waals surface area contributed by atoms with E-state index in [0.717, 1.165) is 10.1 Å². The van der Waals surface area contributed by atoms with Gasteiger partial charge in [-0.15, -0.1) is 11.3 Å². The van der Waals surface area contributed by atoms with Gasteiger partial charge in [-0.2, -0.15) is 0 Å². The van der Waals surface area contributed by atoms with E-state index in [4.69, 9.17) is 28.3 Å². The maximum Gasteiger partial charge on any atom is 0.308 e. The fourth-order valence-corrected chi connectivity index (χ4v) is 4.44. The molecule has 1 fully saturated rings. The van der Waals surface area contributed by atoms with Gasteiger partial charge in [0.2, 0.25) is 0 Å². The van der Waals surface area contributed by atoms with Crippen LogP contribution in [0, 0.1) is 5.92 Å². The Hall–Kier alpha value is -1.30. The second-order valence-electron chi connectivity index (χ2n) is 5.31. The van der Waals surface area contributed by atoms with Gasteiger partial charge in [-0.05, 0) is 25.0 Å². The number of thiophene rings is 1. The first-order valence-corrected chi connectivity index (χ1v) is 8.44. The first-order valence-electron chi connectivity index (χ1n) is 6.87. The molecule has 1 aliphatic rings. The van der Waals surface area contributed by atoms with Gasteiger partial charge in [0.05, 0.1) is 10.9 Å². The standard InChI is InChI=1S/C15H13Cl2NO3S/c16-9-3-4-10-11(6-9)22-13(12(10)17)14(19)18-5-1-2-8(7-18)15(20)21/h3-4,6,8H,1-2,5,7H2,(H,20,21). The van der Waals surface area contributed by atoms with Crippen molar-refractivity contribution in [2.45, 2.75) is 12.8 Å². The summed E-state index contributed by atoms with van der Waals surface area (Å²) >= 11 is 13.6. The summed E-state index contributed by atoms with van der Waals surface area (Å²) < 4.78 is 0.854. The van der Waals surface area contributed by atoms with Crippen LogP contribution in [-0.2, 0) is 4.79 Å². The summed E-state index contributed by atoms with van der Waals surface area (Å²) in [7, 11) is 0. The van der Waals surface area contributed by atoms with Crippen molar-refractivity contribution in [3.05, 3.63) is 33.1 Å². The van der Waals surface area contributed by atoms with E-state index in [2.05, 4.69) is 0 Å². The molecule has 1 aliphatic heterocycles. The Morgan fingerprint density at radius 3 is 2.82 bits per heavy atom. The van der Waals surface area contributed by atoms with Crippen molar-refractivity contribution < 1.29 is 14.7 Å². The number of halogens is 2. The van der Waals surface area contributed by atoms with Crippen molar-refractivity contribution in [2.24, 2.45) is 5.92 Å². The number of benzene rings is 1. The van der Waals surface area contributed by atoms with Crippen LogP contribution < -0.4 is 0 Å². The molecule has 1 atom stereocenters. The van der Waals surface area contributed by atoms with Gasteiger partial charge in [-0.25, -0.2) is 0 Å². The van der Waals surface area contributed by atoms with Crippen molar-refractivity contribution >= 4 is 56.5 Å². The third-order valence-corrected chi connectivity index (χ3v) is 5.72. The lowest BCUT2D eigenvalue weighted by Crippen LogP contribution is -2.42. The molecule has 1 N–H and O–H groups in total. The quantitative estimate of drug-likeness (QED) is 0.878. The highest BCUT2D eigenvalue weighted by Crippen LogP contribution is 2.37. The Balaban J connectivity index is 1.91. The maximum atomic E-state index is 12.7. The molecule has 1 aromatic carbocycles. The second kappa shape index (κ2) is 6.07. The summed E-state index contributed by atoms with van der Waals surface area (Å²) in [5, 5.41) is 10.9. The van der Waals surface area contributed by atoms with Crippen LogP contribution in [0.5, 0.6) is 0 Å². The predicted molar refractivity (Wildman–Crippen MR) is 88.1 cm³/mol. The molecule has 1 amide bonds. The van der Waals surface area contributed by atoms with E-state index >= 15 is 0 Å². The average Bonchev–Trinajstić information content (AvgIpc) is 2.83. The van der Waals surface area contributed by atoms with Gasteiger partial charge >= 0.3 is 5.97 Å². The zero-order valence-corrected chi connectivity index (χ0v) is 13.8. The van der Waals surface area contributed by atoms with Crippen LogP contribution in [-0.4, -0.2) is 35.0 Å². The van der Waals surface area contributed by atoms with E-state index in [1.54, 1.807) is 23.1 Å². The number of aliphatic carboxylic acids is 1. The number of carboxylic acid groups (broad SMARTS) is 1. The maximum absolute atomic E-state index is 12.7. The number of piperidine rings is 1. The molecule has 2 aromatic rings. The number of nitrogens with zero attached hydrogens (tertiary/aromatic N) is 1. The van der Waals surface area contributed by atoms with Crippen LogP contribution in [0.25, 0.3) is 10.1 Å². The van der Waals surface area contributed by atoms with Crippen LogP contribution >= 0.6 is 34.5 Å². The molecule has 2 heterocycles. The normalized spacial score (nSPS) is 18.6. The fraction of sp³-hybridized carbons (Fsp3) is 0.333. The molecule has 1 saturated heterocycles. The van der Waals surface area contributed by atoms with Gasteiger partial charge < -0.3 is 10.0 Å². The molecule has 0 aliphatic carbocycles. The predicted octanol–water partition coefficient (Wildman–Crippen LogP) is 4.14. The van der Waals surface area contributed by atoms with Crippen LogP contribution in [0.15, 0.2) is 18.2 Å². The van der Waals surface area contributed by atoms with Gasteiger partial charge in [-0.1, -0.05) is 29.3 Å². The van der Waals surface area contributed by atoms with Gasteiger partial charge in [0.25, 0.3) is 5.91 Å². The molecule has 0 spiro atoms. The molecular weight excluding hydrogens is 345 g/mol. The van der Waals surface area contributed by atoms with Crippen molar-refractivity contribution in [1.82, 2.24) is 4.90 Å². The molecule has 0 bridgehead atoms. The number of fused-ring (bicyclic) bond motifs is 1. The average molecular weight is 358 g/mol. The van der Waals surface area contributed by atoms with Crippen molar-refractivity contribution in [2.75, 3.05) is 13.1 Å². The lowest BCUT2D eigenvalue weighted by atomic mass is 9.98. The molecule has 4 nitrogen and oxygen atoms in total. The second-order valence-corrected chi connectivity index (χ2v) is 7.18. The first kappa shape index (κ1) is 15.6. The third-order valence-electron chi connectivity index (χ3n) is 3.84. The van der Waals surface area contributed by atoms with Gasteiger partial charge in [-0.3, -0.25) is 9.59 Å². The van der Waals surface area contributed by atoms with E-state index in [-0.39, 0.29) is 12.5 Å². The number of carboxylic acids is 1. The number of likely N-dealkylation sites (tertiary alicyclic amines) is 1. The van der Waals surface area contributed by atoms with E-state index in [1.807, 2.05) is 0 Å². The molecule has 0 radical (unpaired) electrons. The van der Waals surface area contributed by atoms with E-state index in [0.29, 0.717) is 34.3 Å². The fourth-order valence-electron chi connectivity index (χ4n) is 2.68. The zero-order chi connectivity index (χ0) is 15.9. The number of hydrogen-bond donors (Lipinski definition) is 1. The highest BCUT2D eigenvalue weighted by molar-refractivity contribution is 7.21. The van der Waals surface area contributed by atoms with Crippen LogP contribution in [0.2, 0.25) is 10.0 Å². The molecule has 1 aromatic heterocycles. The van der Waals surface area contributed by atoms with E-state index in [1.165, 1.54) is 11.3 Å². The monoisotopic (exact) mass is 357 g/mol. The summed E-state index contributed by atoms with van der Waals surface area (Å²) in [6.45, 7) is 0.799. The Labute approximate surface area is 141 Å². The molecule has 7 heteroatoms. The first-order chi connectivity index (χ1) is 10.5. The number of amides is 1. The van der Waals surface area contributed by atoms with Gasteiger partial charge in [0.1, 0.15) is 4.88 Å². The lowest BCUT2D eigenvalue weighted by molar-refractivity contribution is -0.143. The van der Waals surface area contributed by atoms with Crippen LogP contribution in [0.3, 0.4) is 0 Å². The Kier molecular flexibility index (Phi) is 4.30. The molecule has 116 valence electrons. The molecule has 0 saturated carbocycles. The smallest absolute Gasteiger partial charge is 0.308 e. The SMILES string of the molecule is O=C(O)C1CCCN(C(=O)c2sc3cc(Cl)ccc3c2Cl)C1. The minimum Gasteiger partial charge on any atom is -0.481 e. The summed E-state index contributed by atoms with van der Waals surface area (Å²) in [5.74, 6) is -1.56. The largest absolute Gasteiger partial charge is 0.481 e. The minimum atomic E-state index is -0.855. The minimum absolute atomic E-state index is 0.201. The molecular formula is C15H13Cl2NO3S. The summed E-state index contributed by atoms with van der Waals surface area (Å²) in [4.78, 5) is 25.8. The number of hydrogen-bond acceptors (Lipinski definition) is 3. The number of carbonyl (C=O) groups excluding carboxylic acids is 1. The zero-order valence-electron chi connectivity index (χ0n) is 11.5. The third kappa shape index (κ3) is 2.81. The highest BCUT2D eigenvalue weighted by atomic mass is 35.5. The molecule has 22 heavy (non-hydrogen) atoms. The molecule has 3 rings (SSSR count). The Bertz CT molecular complexity index is 759. The molecule has 1 unspecified atom stereocenters. The number of carbonyl (C=O) groups is 2. The van der Waals surface area contributed by atoms with Gasteiger partial charge in [0, 0.05) is 28.2 Å². The van der Waals surface area contributed by atoms with Gasteiger partial charge in [0.15, 0.2) is 0 Å². The van der Waals surface area contributed by atoms with Crippen LogP contribution in [0.4, 0.5) is 0 Å².